The van der Waals surface area contributed by atoms with Gasteiger partial charge in [0.2, 0.25) is 0 Å². The number of esters is 1. The topological polar surface area (TPSA) is 60.4 Å². The second-order valence-corrected chi connectivity index (χ2v) is 7.19. The third-order valence-electron chi connectivity index (χ3n) is 2.64. The van der Waals surface area contributed by atoms with Gasteiger partial charge in [0.25, 0.3) is 0 Å². The molecule has 0 N–H and O–H groups in total. The van der Waals surface area contributed by atoms with E-state index in [2.05, 4.69) is 0 Å². The van der Waals surface area contributed by atoms with Crippen molar-refractivity contribution in [1.82, 2.24) is 0 Å². The van der Waals surface area contributed by atoms with Gasteiger partial charge in [0.15, 0.2) is 9.84 Å². The number of hydrogen-bond acceptors (Lipinski definition) is 4. The Morgan fingerprint density at radius 3 is 2.14 bits per heavy atom. The highest BCUT2D eigenvalue weighted by atomic mass is 35.5. The molecule has 0 fully saturated rings. The van der Waals surface area contributed by atoms with Crippen LogP contribution in [-0.4, -0.2) is 20.6 Å². The maximum absolute atomic E-state index is 11.9. The van der Waals surface area contributed by atoms with Crippen LogP contribution in [0, 0.1) is 0 Å². The number of hydrogen-bond donors (Lipinski definition) is 0. The highest BCUT2D eigenvalue weighted by Crippen LogP contribution is 2.17. The molecule has 0 saturated heterocycles. The van der Waals surface area contributed by atoms with E-state index < -0.39 is 15.8 Å². The Balaban J connectivity index is 2.08. The SMILES string of the molecule is CS(=O)(=O)Cc1ccc(C(=O)Oc2ccc(Cl)cc2)cc1. The lowest BCUT2D eigenvalue weighted by Gasteiger charge is -2.05. The van der Waals surface area contributed by atoms with Crippen LogP contribution in [0.4, 0.5) is 0 Å². The van der Waals surface area contributed by atoms with Crippen molar-refractivity contribution in [2.75, 3.05) is 6.26 Å². The van der Waals surface area contributed by atoms with E-state index in [-0.39, 0.29) is 5.75 Å². The first-order valence-corrected chi connectivity index (χ1v) is 8.52. The zero-order valence-electron chi connectivity index (χ0n) is 11.2. The van der Waals surface area contributed by atoms with Crippen LogP contribution in [0.25, 0.3) is 0 Å². The molecule has 0 aliphatic heterocycles. The van der Waals surface area contributed by atoms with Crippen molar-refractivity contribution in [2.24, 2.45) is 0 Å². The van der Waals surface area contributed by atoms with Crippen molar-refractivity contribution < 1.29 is 17.9 Å². The predicted molar refractivity (Wildman–Crippen MR) is 81.4 cm³/mol. The van der Waals surface area contributed by atoms with Gasteiger partial charge >= 0.3 is 5.97 Å². The first-order valence-electron chi connectivity index (χ1n) is 6.08. The van der Waals surface area contributed by atoms with E-state index in [0.29, 0.717) is 21.9 Å². The second kappa shape index (κ2) is 6.28. The van der Waals surface area contributed by atoms with Crippen molar-refractivity contribution in [3.63, 3.8) is 0 Å². The molecule has 6 heteroatoms. The lowest BCUT2D eigenvalue weighted by Crippen LogP contribution is -2.08. The van der Waals surface area contributed by atoms with Gasteiger partial charge in [0.1, 0.15) is 5.75 Å². The molecule has 110 valence electrons. The Labute approximate surface area is 128 Å². The maximum Gasteiger partial charge on any atom is 0.343 e. The molecule has 4 nitrogen and oxygen atoms in total. The fraction of sp³-hybridized carbons (Fsp3) is 0.133. The van der Waals surface area contributed by atoms with Crippen molar-refractivity contribution in [3.8, 4) is 5.75 Å². The molecule has 0 aliphatic carbocycles. The Hall–Kier alpha value is -1.85. The maximum atomic E-state index is 11.9. The summed E-state index contributed by atoms with van der Waals surface area (Å²) in [6.45, 7) is 0. The third kappa shape index (κ3) is 4.88. The molecule has 0 atom stereocenters. The van der Waals surface area contributed by atoms with E-state index in [9.17, 15) is 13.2 Å². The van der Waals surface area contributed by atoms with Crippen LogP contribution in [0.15, 0.2) is 48.5 Å². The zero-order valence-corrected chi connectivity index (χ0v) is 12.8. The van der Waals surface area contributed by atoms with Crippen LogP contribution in [0.3, 0.4) is 0 Å². The number of benzene rings is 2. The fourth-order valence-electron chi connectivity index (χ4n) is 1.71. The molecule has 0 spiro atoms. The number of ether oxygens (including phenoxy) is 1. The Bertz CT molecular complexity index is 734. The van der Waals surface area contributed by atoms with Crippen LogP contribution < -0.4 is 4.74 Å². The molecular formula is C15H13ClO4S. The molecule has 0 heterocycles. The highest BCUT2D eigenvalue weighted by molar-refractivity contribution is 7.89. The largest absolute Gasteiger partial charge is 0.423 e. The molecule has 2 aromatic rings. The number of sulfone groups is 1. The van der Waals surface area contributed by atoms with Crippen molar-refractivity contribution in [3.05, 3.63) is 64.7 Å². The van der Waals surface area contributed by atoms with E-state index in [4.69, 9.17) is 16.3 Å². The Kier molecular flexibility index (Phi) is 4.65. The average Bonchev–Trinajstić information content (AvgIpc) is 2.40. The van der Waals surface area contributed by atoms with Crippen molar-refractivity contribution in [2.45, 2.75) is 5.75 Å². The average molecular weight is 325 g/mol. The van der Waals surface area contributed by atoms with Gasteiger partial charge < -0.3 is 4.74 Å². The number of carbonyl (C=O) groups excluding carboxylic acids is 1. The van der Waals surface area contributed by atoms with E-state index in [1.54, 1.807) is 48.5 Å². The molecule has 0 saturated carbocycles. The molecule has 21 heavy (non-hydrogen) atoms. The summed E-state index contributed by atoms with van der Waals surface area (Å²) in [6, 6.07) is 12.7. The Morgan fingerprint density at radius 2 is 1.62 bits per heavy atom. The van der Waals surface area contributed by atoms with E-state index >= 15 is 0 Å². The summed E-state index contributed by atoms with van der Waals surface area (Å²) < 4.78 is 27.6. The molecule has 0 bridgehead atoms. The van der Waals surface area contributed by atoms with Crippen LogP contribution in [0.5, 0.6) is 5.75 Å². The summed E-state index contributed by atoms with van der Waals surface area (Å²) in [6.07, 6.45) is 1.16. The minimum absolute atomic E-state index is 0.0560. The zero-order chi connectivity index (χ0) is 15.5. The normalized spacial score (nSPS) is 11.1. The monoisotopic (exact) mass is 324 g/mol. The van der Waals surface area contributed by atoms with Crippen molar-refractivity contribution in [1.29, 1.82) is 0 Å². The van der Waals surface area contributed by atoms with Crippen LogP contribution in [-0.2, 0) is 15.6 Å². The third-order valence-corrected chi connectivity index (χ3v) is 3.75. The van der Waals surface area contributed by atoms with E-state index in [1.165, 1.54) is 0 Å². The van der Waals surface area contributed by atoms with Gasteiger partial charge in [-0.05, 0) is 42.0 Å². The van der Waals surface area contributed by atoms with Crippen LogP contribution >= 0.6 is 11.6 Å². The molecular weight excluding hydrogens is 312 g/mol. The Morgan fingerprint density at radius 1 is 1.05 bits per heavy atom. The van der Waals surface area contributed by atoms with Gasteiger partial charge in [-0.25, -0.2) is 13.2 Å². The quantitative estimate of drug-likeness (QED) is 0.640. The van der Waals surface area contributed by atoms with Gasteiger partial charge in [-0.1, -0.05) is 23.7 Å². The van der Waals surface area contributed by atoms with E-state index in [0.717, 1.165) is 6.26 Å². The highest BCUT2D eigenvalue weighted by Gasteiger charge is 2.10. The predicted octanol–water partition coefficient (Wildman–Crippen LogP) is 3.10. The molecule has 2 aromatic carbocycles. The van der Waals surface area contributed by atoms with E-state index in [1.807, 2.05) is 0 Å². The smallest absolute Gasteiger partial charge is 0.343 e. The van der Waals surface area contributed by atoms with Crippen molar-refractivity contribution >= 4 is 27.4 Å². The van der Waals surface area contributed by atoms with Gasteiger partial charge in [-0.2, -0.15) is 0 Å². The molecule has 0 aliphatic rings. The summed E-state index contributed by atoms with van der Waals surface area (Å²) >= 11 is 5.75. The van der Waals surface area contributed by atoms with Gasteiger partial charge in [0, 0.05) is 11.3 Å². The summed E-state index contributed by atoms with van der Waals surface area (Å²) in [5.41, 5.74) is 0.975. The second-order valence-electron chi connectivity index (χ2n) is 4.61. The minimum atomic E-state index is -3.09. The summed E-state index contributed by atoms with van der Waals surface area (Å²) in [5.74, 6) is -0.174. The lowest BCUT2D eigenvalue weighted by molar-refractivity contribution is 0.0735. The molecule has 0 amide bonds. The first kappa shape index (κ1) is 15.5. The summed E-state index contributed by atoms with van der Waals surface area (Å²) in [4.78, 5) is 11.9. The first-order chi connectivity index (χ1) is 9.83. The van der Waals surface area contributed by atoms with Gasteiger partial charge in [-0.3, -0.25) is 0 Å². The molecule has 0 aromatic heterocycles. The fourth-order valence-corrected chi connectivity index (χ4v) is 2.63. The van der Waals surface area contributed by atoms with Crippen LogP contribution in [0.1, 0.15) is 15.9 Å². The summed E-state index contributed by atoms with van der Waals surface area (Å²) in [5, 5.41) is 0.555. The summed E-state index contributed by atoms with van der Waals surface area (Å²) in [7, 11) is -3.09. The lowest BCUT2D eigenvalue weighted by atomic mass is 10.1. The minimum Gasteiger partial charge on any atom is -0.423 e. The molecule has 0 radical (unpaired) electrons. The van der Waals surface area contributed by atoms with Gasteiger partial charge in [-0.15, -0.1) is 0 Å². The number of halogens is 1. The number of rotatable bonds is 4. The molecule has 0 unspecified atom stereocenters. The standard InChI is InChI=1S/C15H13ClO4S/c1-21(18,19)10-11-2-4-12(5-3-11)15(17)20-14-8-6-13(16)7-9-14/h2-9H,10H2,1H3. The molecule has 2 rings (SSSR count). The van der Waals surface area contributed by atoms with Gasteiger partial charge in [0.05, 0.1) is 11.3 Å². The van der Waals surface area contributed by atoms with Crippen LogP contribution in [0.2, 0.25) is 5.02 Å². The number of carbonyl (C=O) groups is 1.